The second kappa shape index (κ2) is 8.46. The van der Waals surface area contributed by atoms with Crippen molar-refractivity contribution in [3.05, 3.63) is 29.3 Å². The van der Waals surface area contributed by atoms with E-state index in [1.54, 1.807) is 0 Å². The molecule has 2 amide bonds. The largest absolute Gasteiger partial charge is 0.491 e. The van der Waals surface area contributed by atoms with Gasteiger partial charge in [0.15, 0.2) is 0 Å². The molecular formula is C16H26N2O2. The summed E-state index contributed by atoms with van der Waals surface area (Å²) < 4.78 is 5.67. The molecular weight excluding hydrogens is 252 g/mol. The lowest BCUT2D eigenvalue weighted by Gasteiger charge is -2.11. The van der Waals surface area contributed by atoms with Gasteiger partial charge < -0.3 is 15.4 Å². The minimum Gasteiger partial charge on any atom is -0.491 e. The van der Waals surface area contributed by atoms with E-state index in [1.165, 1.54) is 5.56 Å². The van der Waals surface area contributed by atoms with Crippen molar-refractivity contribution < 1.29 is 9.53 Å². The summed E-state index contributed by atoms with van der Waals surface area (Å²) in [6.07, 6.45) is 0.992. The zero-order valence-corrected chi connectivity index (χ0v) is 13.0. The Morgan fingerprint density at radius 1 is 1.20 bits per heavy atom. The van der Waals surface area contributed by atoms with Crippen molar-refractivity contribution in [1.82, 2.24) is 10.6 Å². The van der Waals surface area contributed by atoms with E-state index in [-0.39, 0.29) is 6.03 Å². The predicted octanol–water partition coefficient (Wildman–Crippen LogP) is 3.03. The Morgan fingerprint density at radius 3 is 2.60 bits per heavy atom. The van der Waals surface area contributed by atoms with Gasteiger partial charge in [0, 0.05) is 6.54 Å². The summed E-state index contributed by atoms with van der Waals surface area (Å²) in [5, 5.41) is 5.61. The van der Waals surface area contributed by atoms with Crippen LogP contribution >= 0.6 is 0 Å². The molecule has 0 radical (unpaired) electrons. The fraction of sp³-hybridized carbons (Fsp3) is 0.562. The van der Waals surface area contributed by atoms with E-state index in [0.29, 0.717) is 25.6 Å². The number of amides is 2. The molecule has 112 valence electrons. The number of ether oxygens (including phenoxy) is 1. The van der Waals surface area contributed by atoms with Gasteiger partial charge in [0.05, 0.1) is 6.54 Å². The van der Waals surface area contributed by atoms with Crippen molar-refractivity contribution in [2.75, 3.05) is 19.7 Å². The molecule has 1 rings (SSSR count). The SMILES string of the molecule is Cc1ccc(C)c(OCCNC(=O)NCCC(C)C)c1. The molecule has 0 aliphatic heterocycles. The van der Waals surface area contributed by atoms with Crippen LogP contribution < -0.4 is 15.4 Å². The number of carbonyl (C=O) groups excluding carboxylic acids is 1. The lowest BCUT2D eigenvalue weighted by molar-refractivity contribution is 0.236. The fourth-order valence-corrected chi connectivity index (χ4v) is 1.73. The van der Waals surface area contributed by atoms with Crippen molar-refractivity contribution in [3.63, 3.8) is 0 Å². The van der Waals surface area contributed by atoms with Crippen molar-refractivity contribution in [3.8, 4) is 5.75 Å². The predicted molar refractivity (Wildman–Crippen MR) is 82.3 cm³/mol. The van der Waals surface area contributed by atoms with E-state index < -0.39 is 0 Å². The Morgan fingerprint density at radius 2 is 1.90 bits per heavy atom. The molecule has 0 heterocycles. The lowest BCUT2D eigenvalue weighted by atomic mass is 10.1. The van der Waals surface area contributed by atoms with Gasteiger partial charge in [0.1, 0.15) is 12.4 Å². The van der Waals surface area contributed by atoms with Gasteiger partial charge in [-0.15, -0.1) is 0 Å². The van der Waals surface area contributed by atoms with Crippen molar-refractivity contribution in [1.29, 1.82) is 0 Å². The molecule has 0 aliphatic carbocycles. The number of hydrogen-bond donors (Lipinski definition) is 2. The molecule has 2 N–H and O–H groups in total. The molecule has 0 bridgehead atoms. The quantitative estimate of drug-likeness (QED) is 0.753. The van der Waals surface area contributed by atoms with E-state index in [9.17, 15) is 4.79 Å². The normalized spacial score (nSPS) is 10.4. The summed E-state index contributed by atoms with van der Waals surface area (Å²) in [4.78, 5) is 11.5. The maximum absolute atomic E-state index is 11.5. The van der Waals surface area contributed by atoms with Crippen LogP contribution in [0.25, 0.3) is 0 Å². The number of rotatable bonds is 7. The molecule has 4 nitrogen and oxygen atoms in total. The minimum atomic E-state index is -0.129. The second-order valence-electron chi connectivity index (χ2n) is 5.48. The first-order valence-electron chi connectivity index (χ1n) is 7.21. The molecule has 0 spiro atoms. The van der Waals surface area contributed by atoms with Crippen molar-refractivity contribution in [2.24, 2.45) is 5.92 Å². The van der Waals surface area contributed by atoms with Crippen molar-refractivity contribution in [2.45, 2.75) is 34.1 Å². The van der Waals surface area contributed by atoms with Crippen LogP contribution in [-0.4, -0.2) is 25.7 Å². The molecule has 0 fully saturated rings. The molecule has 4 heteroatoms. The topological polar surface area (TPSA) is 50.4 Å². The highest BCUT2D eigenvalue weighted by atomic mass is 16.5. The van der Waals surface area contributed by atoms with Gasteiger partial charge in [-0.2, -0.15) is 0 Å². The summed E-state index contributed by atoms with van der Waals surface area (Å²) >= 11 is 0. The number of urea groups is 1. The molecule has 1 aromatic rings. The van der Waals surface area contributed by atoms with Crippen molar-refractivity contribution >= 4 is 6.03 Å². The standard InChI is InChI=1S/C16H26N2O2/c1-12(2)7-8-17-16(19)18-9-10-20-15-11-13(3)5-6-14(15)4/h5-6,11-12H,7-10H2,1-4H3,(H2,17,18,19). The number of carbonyl (C=O) groups is 1. The van der Waals surface area contributed by atoms with E-state index in [1.807, 2.05) is 26.0 Å². The first kappa shape index (κ1) is 16.3. The van der Waals surface area contributed by atoms with Gasteiger partial charge >= 0.3 is 6.03 Å². The molecule has 0 aliphatic rings. The average Bonchev–Trinajstić information content (AvgIpc) is 2.38. The third kappa shape index (κ3) is 6.45. The van der Waals surface area contributed by atoms with Crippen LogP contribution in [0.15, 0.2) is 18.2 Å². The molecule has 0 atom stereocenters. The highest BCUT2D eigenvalue weighted by molar-refractivity contribution is 5.73. The van der Waals surface area contributed by atoms with E-state index in [2.05, 4.69) is 30.5 Å². The first-order valence-corrected chi connectivity index (χ1v) is 7.21. The minimum absolute atomic E-state index is 0.129. The van der Waals surface area contributed by atoms with Crippen LogP contribution in [0, 0.1) is 19.8 Å². The Labute approximate surface area is 121 Å². The van der Waals surface area contributed by atoms with Crippen LogP contribution in [0.3, 0.4) is 0 Å². The van der Waals surface area contributed by atoms with Gasteiger partial charge in [-0.3, -0.25) is 0 Å². The third-order valence-corrected chi connectivity index (χ3v) is 3.00. The van der Waals surface area contributed by atoms with Crippen LogP contribution in [-0.2, 0) is 0 Å². The Hall–Kier alpha value is -1.71. The van der Waals surface area contributed by atoms with Crippen LogP contribution in [0.2, 0.25) is 0 Å². The van der Waals surface area contributed by atoms with Gasteiger partial charge in [0.25, 0.3) is 0 Å². The van der Waals surface area contributed by atoms with E-state index in [0.717, 1.165) is 17.7 Å². The summed E-state index contributed by atoms with van der Waals surface area (Å²) in [7, 11) is 0. The van der Waals surface area contributed by atoms with Gasteiger partial charge in [0.2, 0.25) is 0 Å². The maximum atomic E-state index is 11.5. The summed E-state index contributed by atoms with van der Waals surface area (Å²) in [6.45, 7) is 10.0. The maximum Gasteiger partial charge on any atom is 0.314 e. The smallest absolute Gasteiger partial charge is 0.314 e. The molecule has 0 saturated carbocycles. The van der Waals surface area contributed by atoms with Crippen LogP contribution in [0.1, 0.15) is 31.4 Å². The Balaban J connectivity index is 2.18. The monoisotopic (exact) mass is 278 g/mol. The number of nitrogens with one attached hydrogen (secondary N) is 2. The van der Waals surface area contributed by atoms with Gasteiger partial charge in [-0.1, -0.05) is 26.0 Å². The highest BCUT2D eigenvalue weighted by Crippen LogP contribution is 2.18. The Bertz CT molecular complexity index is 430. The number of aryl methyl sites for hydroxylation is 2. The fourth-order valence-electron chi connectivity index (χ4n) is 1.73. The number of hydrogen-bond acceptors (Lipinski definition) is 2. The van der Waals surface area contributed by atoms with E-state index in [4.69, 9.17) is 4.74 Å². The van der Waals surface area contributed by atoms with Crippen LogP contribution in [0.5, 0.6) is 5.75 Å². The summed E-state index contributed by atoms with van der Waals surface area (Å²) in [6, 6.07) is 5.98. The zero-order valence-electron chi connectivity index (χ0n) is 13.0. The third-order valence-electron chi connectivity index (χ3n) is 3.00. The number of benzene rings is 1. The second-order valence-corrected chi connectivity index (χ2v) is 5.48. The highest BCUT2D eigenvalue weighted by Gasteiger charge is 2.02. The summed E-state index contributed by atoms with van der Waals surface area (Å²) in [5.41, 5.74) is 2.28. The molecule has 1 aromatic carbocycles. The van der Waals surface area contributed by atoms with Gasteiger partial charge in [-0.05, 0) is 43.4 Å². The molecule has 0 saturated heterocycles. The van der Waals surface area contributed by atoms with Gasteiger partial charge in [-0.25, -0.2) is 4.79 Å². The van der Waals surface area contributed by atoms with Crippen LogP contribution in [0.4, 0.5) is 4.79 Å². The lowest BCUT2D eigenvalue weighted by Crippen LogP contribution is -2.38. The van der Waals surface area contributed by atoms with E-state index >= 15 is 0 Å². The molecule has 0 aromatic heterocycles. The molecule has 20 heavy (non-hydrogen) atoms. The Kier molecular flexibility index (Phi) is 6.91. The average molecular weight is 278 g/mol. The molecule has 0 unspecified atom stereocenters. The zero-order chi connectivity index (χ0) is 15.0. The summed E-state index contributed by atoms with van der Waals surface area (Å²) in [5.74, 6) is 1.48. The first-order chi connectivity index (χ1) is 9.49.